The normalized spacial score (nSPS) is 19.0. The Bertz CT molecular complexity index is 278. The predicted octanol–water partition coefficient (Wildman–Crippen LogP) is 5.75. The topological polar surface area (TPSA) is 21.6 Å². The molecule has 0 aromatic rings. The van der Waals surface area contributed by atoms with Crippen LogP contribution < -0.4 is 0 Å². The van der Waals surface area contributed by atoms with Gasteiger partial charge in [0.05, 0.1) is 6.04 Å². The smallest absolute Gasteiger partial charge is 0.183 e. The Hall–Kier alpha value is -0.530. The first kappa shape index (κ1) is 17.5. The van der Waals surface area contributed by atoms with E-state index in [9.17, 15) is 0 Å². The number of rotatable bonds is 10. The lowest BCUT2D eigenvalue weighted by Crippen LogP contribution is -2.25. The zero-order chi connectivity index (χ0) is 14.8. The van der Waals surface area contributed by atoms with E-state index < -0.39 is 0 Å². The average molecular weight is 281 g/mol. The van der Waals surface area contributed by atoms with Crippen LogP contribution in [0, 0.1) is 5.41 Å². The molecule has 0 radical (unpaired) electrons. The fraction of sp³-hybridized carbons (Fsp3) is 0.944. The van der Waals surface area contributed by atoms with Gasteiger partial charge in [-0.1, -0.05) is 79.1 Å². The quantitative estimate of drug-likeness (QED) is 0.467. The summed E-state index contributed by atoms with van der Waals surface area (Å²) in [6.07, 6.45) is 13.4. The highest BCUT2D eigenvalue weighted by Crippen LogP contribution is 2.26. The molecular weight excluding hydrogens is 246 g/mol. The summed E-state index contributed by atoms with van der Waals surface area (Å²) in [5.74, 6) is 1.01. The molecule has 0 N–H and O–H groups in total. The maximum absolute atomic E-state index is 5.71. The van der Waals surface area contributed by atoms with Crippen LogP contribution in [0.15, 0.2) is 4.99 Å². The number of nitrogens with zero attached hydrogens (tertiary/aromatic N) is 1. The summed E-state index contributed by atoms with van der Waals surface area (Å²) in [7, 11) is 0. The summed E-state index contributed by atoms with van der Waals surface area (Å²) < 4.78 is 5.71. The Kier molecular flexibility index (Phi) is 8.25. The highest BCUT2D eigenvalue weighted by Gasteiger charge is 2.29. The van der Waals surface area contributed by atoms with E-state index in [1.54, 1.807) is 0 Å². The minimum atomic E-state index is 0.236. The lowest BCUT2D eigenvalue weighted by Gasteiger charge is -2.21. The lowest BCUT2D eigenvalue weighted by atomic mass is 9.88. The van der Waals surface area contributed by atoms with Crippen molar-refractivity contribution in [3.05, 3.63) is 0 Å². The summed E-state index contributed by atoms with van der Waals surface area (Å²) in [5.41, 5.74) is 0.236. The van der Waals surface area contributed by atoms with E-state index in [1.165, 1.54) is 57.8 Å². The Labute approximate surface area is 126 Å². The summed E-state index contributed by atoms with van der Waals surface area (Å²) in [4.78, 5) is 4.72. The van der Waals surface area contributed by atoms with Crippen molar-refractivity contribution >= 4 is 5.90 Å². The second-order valence-electron chi connectivity index (χ2n) is 7.29. The molecule has 20 heavy (non-hydrogen) atoms. The van der Waals surface area contributed by atoms with Crippen molar-refractivity contribution in [2.75, 3.05) is 6.61 Å². The van der Waals surface area contributed by atoms with Crippen molar-refractivity contribution in [3.63, 3.8) is 0 Å². The van der Waals surface area contributed by atoms with Gasteiger partial charge in [0.25, 0.3) is 0 Å². The summed E-state index contributed by atoms with van der Waals surface area (Å²) >= 11 is 0. The van der Waals surface area contributed by atoms with Gasteiger partial charge in [-0.3, -0.25) is 0 Å². The van der Waals surface area contributed by atoms with Crippen LogP contribution in [0.25, 0.3) is 0 Å². The van der Waals surface area contributed by atoms with Gasteiger partial charge < -0.3 is 4.74 Å². The monoisotopic (exact) mass is 281 g/mol. The third-order valence-corrected chi connectivity index (χ3v) is 4.20. The molecule has 118 valence electrons. The molecule has 1 rings (SSSR count). The first-order valence-corrected chi connectivity index (χ1v) is 8.73. The van der Waals surface area contributed by atoms with Gasteiger partial charge in [-0.25, -0.2) is 4.99 Å². The van der Waals surface area contributed by atoms with Crippen LogP contribution in [-0.4, -0.2) is 18.5 Å². The van der Waals surface area contributed by atoms with Crippen LogP contribution in [0.3, 0.4) is 0 Å². The molecule has 0 spiro atoms. The van der Waals surface area contributed by atoms with E-state index in [1.807, 2.05) is 0 Å². The average Bonchev–Trinajstić information content (AvgIpc) is 2.85. The molecule has 1 unspecified atom stereocenters. The third-order valence-electron chi connectivity index (χ3n) is 4.20. The van der Waals surface area contributed by atoms with Crippen LogP contribution in [0.5, 0.6) is 0 Å². The number of hydrogen-bond donors (Lipinski definition) is 0. The van der Waals surface area contributed by atoms with Gasteiger partial charge in [0.2, 0.25) is 0 Å². The van der Waals surface area contributed by atoms with E-state index in [0.717, 1.165) is 18.9 Å². The van der Waals surface area contributed by atoms with Gasteiger partial charge in [-0.15, -0.1) is 0 Å². The van der Waals surface area contributed by atoms with E-state index in [4.69, 9.17) is 9.73 Å². The van der Waals surface area contributed by atoms with Gasteiger partial charge in [0.15, 0.2) is 5.90 Å². The molecule has 0 saturated carbocycles. The summed E-state index contributed by atoms with van der Waals surface area (Å²) in [6, 6.07) is 0.357. The van der Waals surface area contributed by atoms with Gasteiger partial charge >= 0.3 is 0 Å². The second kappa shape index (κ2) is 9.41. The summed E-state index contributed by atoms with van der Waals surface area (Å²) in [5, 5.41) is 0. The predicted molar refractivity (Wildman–Crippen MR) is 88.5 cm³/mol. The van der Waals surface area contributed by atoms with E-state index in [2.05, 4.69) is 27.7 Å². The molecular formula is C18H35NO. The van der Waals surface area contributed by atoms with E-state index >= 15 is 0 Å². The molecule has 1 aliphatic rings. The number of ether oxygens (including phenoxy) is 1. The Morgan fingerprint density at radius 3 is 2.00 bits per heavy atom. The highest BCUT2D eigenvalue weighted by molar-refractivity contribution is 5.77. The van der Waals surface area contributed by atoms with E-state index in [-0.39, 0.29) is 5.41 Å². The maximum Gasteiger partial charge on any atom is 0.183 e. The van der Waals surface area contributed by atoms with E-state index in [0.29, 0.717) is 6.04 Å². The maximum atomic E-state index is 5.71. The lowest BCUT2D eigenvalue weighted by molar-refractivity contribution is 0.232. The SMILES string of the molecule is CCCCCCCCCCCC1=NC(C(C)(C)C)CO1. The van der Waals surface area contributed by atoms with Crippen LogP contribution in [0.2, 0.25) is 0 Å². The van der Waals surface area contributed by atoms with Gasteiger partial charge in [0.1, 0.15) is 6.61 Å². The molecule has 2 heteroatoms. The number of hydrogen-bond acceptors (Lipinski definition) is 2. The van der Waals surface area contributed by atoms with Gasteiger partial charge in [-0.05, 0) is 11.8 Å². The molecule has 0 amide bonds. The minimum absolute atomic E-state index is 0.236. The molecule has 0 aromatic heterocycles. The van der Waals surface area contributed by atoms with Crippen LogP contribution in [0.1, 0.15) is 91.9 Å². The zero-order valence-corrected chi connectivity index (χ0v) is 14.2. The van der Waals surface area contributed by atoms with Crippen molar-refractivity contribution in [1.29, 1.82) is 0 Å². The molecule has 0 aromatic carbocycles. The minimum Gasteiger partial charge on any atom is -0.479 e. The van der Waals surface area contributed by atoms with Crippen molar-refractivity contribution in [3.8, 4) is 0 Å². The fourth-order valence-electron chi connectivity index (χ4n) is 2.59. The Morgan fingerprint density at radius 1 is 0.950 bits per heavy atom. The van der Waals surface area contributed by atoms with Gasteiger partial charge in [0, 0.05) is 6.42 Å². The van der Waals surface area contributed by atoms with Crippen LogP contribution in [0.4, 0.5) is 0 Å². The fourth-order valence-corrected chi connectivity index (χ4v) is 2.59. The molecule has 0 aliphatic carbocycles. The Morgan fingerprint density at radius 2 is 1.50 bits per heavy atom. The second-order valence-corrected chi connectivity index (χ2v) is 7.29. The molecule has 1 aliphatic heterocycles. The summed E-state index contributed by atoms with van der Waals surface area (Å²) in [6.45, 7) is 9.79. The zero-order valence-electron chi connectivity index (χ0n) is 14.2. The highest BCUT2D eigenvalue weighted by atomic mass is 16.5. The molecule has 1 heterocycles. The van der Waals surface area contributed by atoms with Gasteiger partial charge in [-0.2, -0.15) is 0 Å². The first-order chi connectivity index (χ1) is 9.54. The third kappa shape index (κ3) is 7.31. The van der Waals surface area contributed by atoms with Crippen molar-refractivity contribution in [2.45, 2.75) is 97.9 Å². The van der Waals surface area contributed by atoms with Crippen molar-refractivity contribution in [2.24, 2.45) is 10.4 Å². The number of unbranched alkanes of at least 4 members (excludes halogenated alkanes) is 8. The molecule has 0 fully saturated rings. The molecule has 1 atom stereocenters. The molecule has 0 saturated heterocycles. The molecule has 0 bridgehead atoms. The van der Waals surface area contributed by atoms with Crippen LogP contribution in [-0.2, 0) is 4.74 Å². The Balaban J connectivity index is 1.97. The van der Waals surface area contributed by atoms with Crippen LogP contribution >= 0.6 is 0 Å². The van der Waals surface area contributed by atoms with Crippen molar-refractivity contribution < 1.29 is 4.74 Å². The molecule has 2 nitrogen and oxygen atoms in total. The largest absolute Gasteiger partial charge is 0.479 e. The van der Waals surface area contributed by atoms with Crippen molar-refractivity contribution in [1.82, 2.24) is 0 Å². The first-order valence-electron chi connectivity index (χ1n) is 8.73. The standard InChI is InChI=1S/C18H35NO/c1-5-6-7-8-9-10-11-12-13-14-17-19-16(15-20-17)18(2,3)4/h16H,5-15H2,1-4H3. The number of aliphatic imine (C=N–C) groups is 1.